The van der Waals surface area contributed by atoms with Crippen molar-refractivity contribution in [3.05, 3.63) is 35.4 Å². The normalized spacial score (nSPS) is 11.3. The number of aliphatic carboxylic acids is 1. The van der Waals surface area contributed by atoms with Gasteiger partial charge in [0, 0.05) is 0 Å². The van der Waals surface area contributed by atoms with Gasteiger partial charge in [-0.25, -0.2) is 13.1 Å². The van der Waals surface area contributed by atoms with E-state index in [1.165, 1.54) is 0 Å². The topological polar surface area (TPSA) is 86.3 Å². The molecule has 0 aliphatic heterocycles. The van der Waals surface area contributed by atoms with Crippen molar-refractivity contribution in [3.8, 4) is 0 Å². The number of carboxylic acid groups (broad SMARTS) is 1. The lowest BCUT2D eigenvalue weighted by molar-refractivity contribution is -0.303. The van der Waals surface area contributed by atoms with E-state index in [1.54, 1.807) is 31.2 Å². The van der Waals surface area contributed by atoms with Crippen molar-refractivity contribution in [3.63, 3.8) is 0 Å². The van der Waals surface area contributed by atoms with Crippen LogP contribution in [0.25, 0.3) is 0 Å². The lowest BCUT2D eigenvalue weighted by Gasteiger charge is -2.08. The molecule has 88 valence electrons. The van der Waals surface area contributed by atoms with Crippen molar-refractivity contribution >= 4 is 16.0 Å². The number of benzene rings is 1. The minimum atomic E-state index is -3.62. The van der Waals surface area contributed by atoms with Crippen LogP contribution in [0, 0.1) is 6.92 Å². The highest BCUT2D eigenvalue weighted by Gasteiger charge is 2.12. The van der Waals surface area contributed by atoms with Gasteiger partial charge in [-0.3, -0.25) is 0 Å². The summed E-state index contributed by atoms with van der Waals surface area (Å²) in [5.74, 6) is -1.68. The summed E-state index contributed by atoms with van der Waals surface area (Å²) in [6, 6.07) is 7.02. The van der Waals surface area contributed by atoms with Crippen molar-refractivity contribution in [1.82, 2.24) is 4.72 Å². The molecule has 0 radical (unpaired) electrons. The molecule has 0 saturated carbocycles. The largest absolute Gasteiger partial charge is 0.549 e. The zero-order valence-electron chi connectivity index (χ0n) is 8.76. The molecule has 0 amide bonds. The number of hydrogen-bond acceptors (Lipinski definition) is 4. The molecule has 0 heterocycles. The maximum Gasteiger partial charge on any atom is 0.216 e. The van der Waals surface area contributed by atoms with Crippen molar-refractivity contribution in [1.29, 1.82) is 0 Å². The van der Waals surface area contributed by atoms with Crippen LogP contribution >= 0.6 is 0 Å². The lowest BCUT2D eigenvalue weighted by atomic mass is 10.1. The minimum Gasteiger partial charge on any atom is -0.549 e. The molecular formula is C10H12NO4S-. The molecule has 0 saturated heterocycles. The van der Waals surface area contributed by atoms with E-state index in [1.807, 2.05) is 4.72 Å². The van der Waals surface area contributed by atoms with Crippen LogP contribution in [0.15, 0.2) is 24.3 Å². The molecule has 1 aromatic carbocycles. The second-order valence-electron chi connectivity index (χ2n) is 3.38. The van der Waals surface area contributed by atoms with Crippen molar-refractivity contribution < 1.29 is 18.3 Å². The maximum atomic E-state index is 11.5. The molecule has 1 aromatic rings. The number of aryl methyl sites for hydroxylation is 1. The molecule has 0 aromatic heterocycles. The van der Waals surface area contributed by atoms with E-state index < -0.39 is 22.5 Å². The number of carboxylic acids is 1. The summed E-state index contributed by atoms with van der Waals surface area (Å²) in [5.41, 5.74) is 1.50. The molecule has 5 nitrogen and oxygen atoms in total. The number of nitrogens with one attached hydrogen (secondary N) is 1. The van der Waals surface area contributed by atoms with Gasteiger partial charge in [-0.1, -0.05) is 24.3 Å². The predicted octanol–water partition coefficient (Wildman–Crippen LogP) is -0.836. The second-order valence-corrected chi connectivity index (χ2v) is 5.19. The Morgan fingerprint density at radius 1 is 1.38 bits per heavy atom. The van der Waals surface area contributed by atoms with Crippen LogP contribution in [0.5, 0.6) is 0 Å². The van der Waals surface area contributed by atoms with E-state index in [0.717, 1.165) is 5.56 Å². The summed E-state index contributed by atoms with van der Waals surface area (Å²) >= 11 is 0. The summed E-state index contributed by atoms with van der Waals surface area (Å²) in [7, 11) is -3.62. The summed E-state index contributed by atoms with van der Waals surface area (Å²) in [6.07, 6.45) is 0. The van der Waals surface area contributed by atoms with Crippen LogP contribution in [0.2, 0.25) is 0 Å². The van der Waals surface area contributed by atoms with Gasteiger partial charge in [0.15, 0.2) is 0 Å². The fraction of sp³-hybridized carbons (Fsp3) is 0.300. The first-order valence-corrected chi connectivity index (χ1v) is 6.27. The Kier molecular flexibility index (Phi) is 4.03. The zero-order valence-corrected chi connectivity index (χ0v) is 9.58. The average molecular weight is 242 g/mol. The molecule has 0 aliphatic carbocycles. The van der Waals surface area contributed by atoms with Crippen LogP contribution in [-0.2, 0) is 20.6 Å². The first-order valence-electron chi connectivity index (χ1n) is 4.62. The molecule has 1 rings (SSSR count). The zero-order chi connectivity index (χ0) is 12.2. The lowest BCUT2D eigenvalue weighted by Crippen LogP contribution is -2.38. The highest BCUT2D eigenvalue weighted by molar-refractivity contribution is 7.88. The third kappa shape index (κ3) is 4.00. The first kappa shape index (κ1) is 12.7. The summed E-state index contributed by atoms with van der Waals surface area (Å²) in [6.45, 7) is 1.10. The minimum absolute atomic E-state index is 0.229. The van der Waals surface area contributed by atoms with E-state index in [9.17, 15) is 18.3 Å². The Hall–Kier alpha value is -1.40. The molecule has 0 bridgehead atoms. The van der Waals surface area contributed by atoms with Gasteiger partial charge >= 0.3 is 0 Å². The van der Waals surface area contributed by atoms with E-state index in [-0.39, 0.29) is 5.75 Å². The third-order valence-electron chi connectivity index (χ3n) is 2.04. The molecule has 0 spiro atoms. The number of hydrogen-bond donors (Lipinski definition) is 1. The summed E-state index contributed by atoms with van der Waals surface area (Å²) in [4.78, 5) is 10.1. The maximum absolute atomic E-state index is 11.5. The van der Waals surface area contributed by atoms with Crippen LogP contribution in [0.1, 0.15) is 11.1 Å². The van der Waals surface area contributed by atoms with Crippen molar-refractivity contribution in [2.75, 3.05) is 6.54 Å². The van der Waals surface area contributed by atoms with Gasteiger partial charge in [-0.2, -0.15) is 0 Å². The van der Waals surface area contributed by atoms with E-state index in [0.29, 0.717) is 5.56 Å². The number of sulfonamides is 1. The van der Waals surface area contributed by atoms with E-state index >= 15 is 0 Å². The molecular weight excluding hydrogens is 230 g/mol. The highest BCUT2D eigenvalue weighted by atomic mass is 32.2. The summed E-state index contributed by atoms with van der Waals surface area (Å²) in [5, 5.41) is 10.1. The molecule has 6 heteroatoms. The van der Waals surface area contributed by atoms with E-state index in [2.05, 4.69) is 0 Å². The second kappa shape index (κ2) is 5.09. The number of carbonyl (C=O) groups excluding carboxylic acids is 1. The van der Waals surface area contributed by atoms with Crippen LogP contribution in [0.3, 0.4) is 0 Å². The molecule has 1 N–H and O–H groups in total. The fourth-order valence-electron chi connectivity index (χ4n) is 1.20. The molecule has 0 aliphatic rings. The molecule has 0 unspecified atom stereocenters. The fourth-order valence-corrected chi connectivity index (χ4v) is 2.37. The Labute approximate surface area is 94.2 Å². The number of rotatable bonds is 5. The predicted molar refractivity (Wildman–Crippen MR) is 56.8 cm³/mol. The monoisotopic (exact) mass is 242 g/mol. The summed E-state index contributed by atoms with van der Waals surface area (Å²) < 4.78 is 24.9. The Balaban J connectivity index is 2.73. The van der Waals surface area contributed by atoms with E-state index in [4.69, 9.17) is 0 Å². The molecule has 0 atom stereocenters. The Bertz CT molecular complexity index is 481. The van der Waals surface area contributed by atoms with Crippen molar-refractivity contribution in [2.24, 2.45) is 0 Å². The van der Waals surface area contributed by atoms with Gasteiger partial charge in [-0.15, -0.1) is 0 Å². The van der Waals surface area contributed by atoms with Crippen LogP contribution in [0.4, 0.5) is 0 Å². The smallest absolute Gasteiger partial charge is 0.216 e. The van der Waals surface area contributed by atoms with Crippen LogP contribution in [-0.4, -0.2) is 20.9 Å². The SMILES string of the molecule is Cc1ccccc1CS(=O)(=O)NCC(=O)[O-]. The van der Waals surface area contributed by atoms with Gasteiger partial charge in [0.1, 0.15) is 0 Å². The number of carbonyl (C=O) groups is 1. The Morgan fingerprint density at radius 3 is 2.56 bits per heavy atom. The quantitative estimate of drug-likeness (QED) is 0.729. The van der Waals surface area contributed by atoms with Gasteiger partial charge in [0.25, 0.3) is 0 Å². The van der Waals surface area contributed by atoms with Crippen molar-refractivity contribution in [2.45, 2.75) is 12.7 Å². The van der Waals surface area contributed by atoms with Gasteiger partial charge in [-0.05, 0) is 18.1 Å². The first-order chi connectivity index (χ1) is 7.41. The van der Waals surface area contributed by atoms with Gasteiger partial charge in [0.05, 0.1) is 18.3 Å². The standard InChI is InChI=1S/C10H13NO4S/c1-8-4-2-3-5-9(8)7-16(14,15)11-6-10(12)13/h2-5,11H,6-7H2,1H3,(H,12,13)/p-1. The Morgan fingerprint density at radius 2 is 2.00 bits per heavy atom. The molecule has 16 heavy (non-hydrogen) atoms. The highest BCUT2D eigenvalue weighted by Crippen LogP contribution is 2.10. The van der Waals surface area contributed by atoms with Gasteiger partial charge in [0.2, 0.25) is 10.0 Å². The van der Waals surface area contributed by atoms with Crippen LogP contribution < -0.4 is 9.83 Å². The molecule has 0 fully saturated rings. The average Bonchev–Trinajstić information content (AvgIpc) is 2.19. The van der Waals surface area contributed by atoms with Gasteiger partial charge < -0.3 is 9.90 Å². The third-order valence-corrected chi connectivity index (χ3v) is 3.32.